The first kappa shape index (κ1) is 12.9. The molecule has 5 nitrogen and oxygen atoms in total. The van der Waals surface area contributed by atoms with E-state index in [-0.39, 0.29) is 6.04 Å². The van der Waals surface area contributed by atoms with Gasteiger partial charge in [-0.2, -0.15) is 0 Å². The smallest absolute Gasteiger partial charge is 0.224 e. The van der Waals surface area contributed by atoms with E-state index < -0.39 is 0 Å². The summed E-state index contributed by atoms with van der Waals surface area (Å²) >= 11 is 0. The minimum absolute atomic E-state index is 0.287. The van der Waals surface area contributed by atoms with E-state index in [1.54, 1.807) is 13.3 Å². The first-order valence-electron chi connectivity index (χ1n) is 5.32. The van der Waals surface area contributed by atoms with Crippen LogP contribution in [0.2, 0.25) is 0 Å². The number of methoxy groups -OCH3 is 1. The van der Waals surface area contributed by atoms with E-state index in [9.17, 15) is 0 Å². The van der Waals surface area contributed by atoms with Gasteiger partial charge in [0, 0.05) is 45.6 Å². The zero-order chi connectivity index (χ0) is 12.0. The van der Waals surface area contributed by atoms with Crippen molar-refractivity contribution in [3.63, 3.8) is 0 Å². The van der Waals surface area contributed by atoms with Crippen molar-refractivity contribution in [3.8, 4) is 0 Å². The van der Waals surface area contributed by atoms with Crippen molar-refractivity contribution in [3.05, 3.63) is 18.0 Å². The van der Waals surface area contributed by atoms with Gasteiger partial charge in [-0.1, -0.05) is 0 Å². The Bertz CT molecular complexity index is 317. The molecule has 1 aromatic heterocycles. The summed E-state index contributed by atoms with van der Waals surface area (Å²) in [5.41, 5.74) is 1.02. The Balaban J connectivity index is 2.68. The summed E-state index contributed by atoms with van der Waals surface area (Å²) < 4.78 is 5.13. The van der Waals surface area contributed by atoms with Crippen LogP contribution in [0.15, 0.2) is 12.3 Å². The third-order valence-corrected chi connectivity index (χ3v) is 2.33. The van der Waals surface area contributed by atoms with Crippen molar-refractivity contribution in [2.75, 3.05) is 39.8 Å². The van der Waals surface area contributed by atoms with Gasteiger partial charge in [-0.15, -0.1) is 0 Å². The van der Waals surface area contributed by atoms with Crippen molar-refractivity contribution in [1.29, 1.82) is 0 Å². The van der Waals surface area contributed by atoms with Gasteiger partial charge in [0.2, 0.25) is 5.95 Å². The van der Waals surface area contributed by atoms with E-state index >= 15 is 0 Å². The first-order chi connectivity index (χ1) is 7.67. The number of likely N-dealkylation sites (N-methyl/N-ethyl adjacent to an activating group) is 1. The number of hydrogen-bond acceptors (Lipinski definition) is 5. The van der Waals surface area contributed by atoms with E-state index in [1.165, 1.54) is 0 Å². The summed E-state index contributed by atoms with van der Waals surface area (Å²) in [7, 11) is 7.50. The molecular formula is C11H20N4O. The third kappa shape index (κ3) is 3.75. The average Bonchev–Trinajstić information content (AvgIpc) is 2.29. The number of anilines is 1. The lowest BCUT2D eigenvalue weighted by Crippen LogP contribution is -2.32. The quantitative estimate of drug-likeness (QED) is 0.754. The lowest BCUT2D eigenvalue weighted by atomic mass is 10.1. The Morgan fingerprint density at radius 3 is 2.81 bits per heavy atom. The molecule has 1 atom stereocenters. The normalized spacial score (nSPS) is 12.5. The predicted molar refractivity (Wildman–Crippen MR) is 64.8 cm³/mol. The Morgan fingerprint density at radius 2 is 2.25 bits per heavy atom. The highest BCUT2D eigenvalue weighted by atomic mass is 16.5. The summed E-state index contributed by atoms with van der Waals surface area (Å²) in [5, 5.41) is 3.20. The van der Waals surface area contributed by atoms with Gasteiger partial charge in [0.25, 0.3) is 0 Å². The lowest BCUT2D eigenvalue weighted by Gasteiger charge is -2.16. The second-order valence-corrected chi connectivity index (χ2v) is 3.89. The van der Waals surface area contributed by atoms with Gasteiger partial charge < -0.3 is 15.0 Å². The third-order valence-electron chi connectivity index (χ3n) is 2.33. The maximum absolute atomic E-state index is 5.13. The average molecular weight is 224 g/mol. The summed E-state index contributed by atoms with van der Waals surface area (Å²) in [6.07, 6.45) is 2.63. The van der Waals surface area contributed by atoms with Crippen LogP contribution >= 0.6 is 0 Å². The molecule has 0 amide bonds. The molecule has 0 bridgehead atoms. The van der Waals surface area contributed by atoms with Crippen LogP contribution in [0.3, 0.4) is 0 Å². The molecule has 0 aromatic carbocycles. The van der Waals surface area contributed by atoms with E-state index in [1.807, 2.05) is 32.1 Å². The van der Waals surface area contributed by atoms with Crippen molar-refractivity contribution < 1.29 is 4.74 Å². The highest BCUT2D eigenvalue weighted by Gasteiger charge is 2.09. The molecule has 1 N–H and O–H groups in total. The summed E-state index contributed by atoms with van der Waals surface area (Å²) in [6.45, 7) is 0.678. The van der Waals surface area contributed by atoms with Gasteiger partial charge >= 0.3 is 0 Å². The fourth-order valence-corrected chi connectivity index (χ4v) is 1.41. The van der Waals surface area contributed by atoms with Crippen molar-refractivity contribution >= 4 is 5.95 Å². The molecule has 0 spiro atoms. The van der Waals surface area contributed by atoms with Gasteiger partial charge in [-0.25, -0.2) is 9.97 Å². The molecule has 0 fully saturated rings. The number of aromatic nitrogens is 2. The number of ether oxygens (including phenoxy) is 1. The standard InChI is InChI=1S/C11H20N4O/c1-12-10(8-16-4)7-9-5-6-13-11(14-9)15(2)3/h5-6,10,12H,7-8H2,1-4H3. The minimum Gasteiger partial charge on any atom is -0.383 e. The summed E-state index contributed by atoms with van der Waals surface area (Å²) in [5.74, 6) is 0.741. The fourth-order valence-electron chi connectivity index (χ4n) is 1.41. The zero-order valence-corrected chi connectivity index (χ0v) is 10.4. The van der Waals surface area contributed by atoms with Crippen LogP contribution in [0, 0.1) is 0 Å². The topological polar surface area (TPSA) is 50.3 Å². The van der Waals surface area contributed by atoms with Crippen LogP contribution in [0.4, 0.5) is 5.95 Å². The van der Waals surface area contributed by atoms with E-state index in [0.29, 0.717) is 6.61 Å². The number of nitrogens with zero attached hydrogens (tertiary/aromatic N) is 3. The largest absolute Gasteiger partial charge is 0.383 e. The molecule has 0 radical (unpaired) electrons. The number of hydrogen-bond donors (Lipinski definition) is 1. The van der Waals surface area contributed by atoms with Crippen LogP contribution in [0.25, 0.3) is 0 Å². The van der Waals surface area contributed by atoms with E-state index in [0.717, 1.165) is 18.1 Å². The zero-order valence-electron chi connectivity index (χ0n) is 10.4. The maximum atomic E-state index is 5.13. The summed E-state index contributed by atoms with van der Waals surface area (Å²) in [4.78, 5) is 10.5. The predicted octanol–water partition coefficient (Wildman–Crippen LogP) is 0.319. The van der Waals surface area contributed by atoms with Crippen molar-refractivity contribution in [2.45, 2.75) is 12.5 Å². The molecule has 5 heteroatoms. The van der Waals surface area contributed by atoms with Gasteiger partial charge in [0.15, 0.2) is 0 Å². The molecule has 90 valence electrons. The first-order valence-corrected chi connectivity index (χ1v) is 5.32. The molecular weight excluding hydrogens is 204 g/mol. The fraction of sp³-hybridized carbons (Fsp3) is 0.636. The Hall–Kier alpha value is -1.20. The highest BCUT2D eigenvalue weighted by Crippen LogP contribution is 2.05. The second-order valence-electron chi connectivity index (χ2n) is 3.89. The number of rotatable bonds is 6. The van der Waals surface area contributed by atoms with Crippen molar-refractivity contribution in [2.24, 2.45) is 0 Å². The van der Waals surface area contributed by atoms with Crippen LogP contribution < -0.4 is 10.2 Å². The van der Waals surface area contributed by atoms with Crippen molar-refractivity contribution in [1.82, 2.24) is 15.3 Å². The van der Waals surface area contributed by atoms with Gasteiger partial charge in [-0.05, 0) is 13.1 Å². The van der Waals surface area contributed by atoms with Gasteiger partial charge in [-0.3, -0.25) is 0 Å². The highest BCUT2D eigenvalue weighted by molar-refractivity contribution is 5.27. The van der Waals surface area contributed by atoms with Crippen LogP contribution in [-0.2, 0) is 11.2 Å². The molecule has 0 saturated carbocycles. The molecule has 16 heavy (non-hydrogen) atoms. The van der Waals surface area contributed by atoms with Crippen LogP contribution in [0.1, 0.15) is 5.69 Å². The Labute approximate surface area is 96.8 Å². The maximum Gasteiger partial charge on any atom is 0.224 e. The number of nitrogens with one attached hydrogen (secondary N) is 1. The molecule has 0 aliphatic carbocycles. The summed E-state index contributed by atoms with van der Waals surface area (Å²) in [6, 6.07) is 2.22. The van der Waals surface area contributed by atoms with E-state index in [2.05, 4.69) is 15.3 Å². The molecule has 0 aliphatic heterocycles. The van der Waals surface area contributed by atoms with Gasteiger partial charge in [0.1, 0.15) is 0 Å². The second kappa shape index (κ2) is 6.40. The molecule has 1 unspecified atom stereocenters. The molecule has 1 rings (SSSR count). The lowest BCUT2D eigenvalue weighted by molar-refractivity contribution is 0.169. The van der Waals surface area contributed by atoms with E-state index in [4.69, 9.17) is 4.74 Å². The monoisotopic (exact) mass is 224 g/mol. The molecule has 1 aromatic rings. The molecule has 0 saturated heterocycles. The van der Waals surface area contributed by atoms with Gasteiger partial charge in [0.05, 0.1) is 6.61 Å². The molecule has 0 aliphatic rings. The minimum atomic E-state index is 0.287. The Kier molecular flexibility index (Phi) is 5.14. The SMILES string of the molecule is CNC(COC)Cc1ccnc(N(C)C)n1. The Morgan fingerprint density at radius 1 is 1.50 bits per heavy atom. The molecule has 1 heterocycles. The van der Waals surface area contributed by atoms with Crippen LogP contribution in [-0.4, -0.2) is 50.9 Å². The van der Waals surface area contributed by atoms with Crippen LogP contribution in [0.5, 0.6) is 0 Å².